The molecule has 3 aromatic rings. The van der Waals surface area contributed by atoms with Crippen molar-refractivity contribution >= 4 is 45.4 Å². The van der Waals surface area contributed by atoms with E-state index < -0.39 is 65.1 Å². The molecule has 1 saturated heterocycles. The number of allylic oxidation sites excluding steroid dienone is 1. The number of ether oxygens (including phenoxy) is 1. The van der Waals surface area contributed by atoms with E-state index in [1.807, 2.05) is 0 Å². The standard InChI is InChI=1S/C30H29F6N5O4S/c1-28(2,3)45-27(44)38-19-11-20(14-42)41(13-19)26-39-25(43)24(46-26)21(15-5-7-23-17(8-15)12-37-40-23)9-16-4-6-18(29(31,32)33)10-22(16)30(34,35)36/h4-8,10,12,19-20,42H,9,11,13-14H2,1-3H3,(H,37,40)(H,38,44)/t19-,20-/m1/s1. The minimum atomic E-state index is -5.12. The monoisotopic (exact) mass is 669 g/mol. The number of aliphatic imine (C=N–C) groups is 1. The lowest BCUT2D eigenvalue weighted by atomic mass is 9.92. The van der Waals surface area contributed by atoms with Crippen molar-refractivity contribution in [1.82, 2.24) is 20.4 Å². The minimum Gasteiger partial charge on any atom is -0.444 e. The van der Waals surface area contributed by atoms with E-state index in [1.54, 1.807) is 43.9 Å². The molecule has 1 aromatic heterocycles. The fourth-order valence-corrected chi connectivity index (χ4v) is 6.42. The van der Waals surface area contributed by atoms with E-state index in [0.717, 1.165) is 17.8 Å². The number of aliphatic hydroxyl groups is 1. The van der Waals surface area contributed by atoms with Gasteiger partial charge in [-0.25, -0.2) is 4.79 Å². The predicted molar refractivity (Wildman–Crippen MR) is 159 cm³/mol. The van der Waals surface area contributed by atoms with E-state index >= 15 is 0 Å². The highest BCUT2D eigenvalue weighted by Crippen LogP contribution is 2.42. The first-order chi connectivity index (χ1) is 21.4. The van der Waals surface area contributed by atoms with Crippen LogP contribution in [0.5, 0.6) is 0 Å². The molecule has 16 heteroatoms. The van der Waals surface area contributed by atoms with Crippen molar-refractivity contribution in [3.05, 3.63) is 69.8 Å². The number of alkyl halides is 6. The number of thioether (sulfide) groups is 1. The van der Waals surface area contributed by atoms with Crippen molar-refractivity contribution in [2.75, 3.05) is 13.2 Å². The molecule has 2 atom stereocenters. The molecule has 5 rings (SSSR count). The third kappa shape index (κ3) is 7.33. The van der Waals surface area contributed by atoms with Crippen LogP contribution in [-0.2, 0) is 28.3 Å². The number of aromatic nitrogens is 2. The lowest BCUT2D eigenvalue weighted by molar-refractivity contribution is -0.143. The molecular weight excluding hydrogens is 640 g/mol. The van der Waals surface area contributed by atoms with Crippen LogP contribution in [0.25, 0.3) is 16.5 Å². The molecule has 2 aliphatic heterocycles. The summed E-state index contributed by atoms with van der Waals surface area (Å²) in [4.78, 5) is 31.5. The summed E-state index contributed by atoms with van der Waals surface area (Å²) >= 11 is 0.883. The Morgan fingerprint density at radius 3 is 2.50 bits per heavy atom. The van der Waals surface area contributed by atoms with E-state index in [-0.39, 0.29) is 34.9 Å². The van der Waals surface area contributed by atoms with Gasteiger partial charge in [-0.3, -0.25) is 9.89 Å². The van der Waals surface area contributed by atoms with Gasteiger partial charge in [0.1, 0.15) is 5.60 Å². The average molecular weight is 670 g/mol. The number of carbonyl (C=O) groups excluding carboxylic acids is 2. The number of halogens is 6. The summed E-state index contributed by atoms with van der Waals surface area (Å²) in [5.41, 5.74) is -3.05. The Hall–Kier alpha value is -4.05. The predicted octanol–water partition coefficient (Wildman–Crippen LogP) is 6.14. The number of hydrogen-bond acceptors (Lipinski definition) is 7. The van der Waals surface area contributed by atoms with Crippen LogP contribution in [0.2, 0.25) is 0 Å². The molecule has 2 aliphatic rings. The summed E-state index contributed by atoms with van der Waals surface area (Å²) in [6.07, 6.45) is -9.54. The lowest BCUT2D eigenvalue weighted by Crippen LogP contribution is -2.41. The summed E-state index contributed by atoms with van der Waals surface area (Å²) in [6, 6.07) is 5.19. The van der Waals surface area contributed by atoms with Gasteiger partial charge < -0.3 is 20.1 Å². The topological polar surface area (TPSA) is 120 Å². The first-order valence-electron chi connectivity index (χ1n) is 14.0. The van der Waals surface area contributed by atoms with Crippen LogP contribution in [0.3, 0.4) is 0 Å². The molecule has 0 saturated carbocycles. The van der Waals surface area contributed by atoms with Gasteiger partial charge in [-0.15, -0.1) is 0 Å². The zero-order valence-corrected chi connectivity index (χ0v) is 25.5. The summed E-state index contributed by atoms with van der Waals surface area (Å²) < 4.78 is 87.6. The van der Waals surface area contributed by atoms with Gasteiger partial charge in [0, 0.05) is 11.9 Å². The normalized spacial score (nSPS) is 20.3. The number of amidine groups is 1. The molecule has 1 fully saturated rings. The number of hydrogen-bond donors (Lipinski definition) is 3. The Kier molecular flexibility index (Phi) is 8.90. The van der Waals surface area contributed by atoms with Gasteiger partial charge in [-0.05, 0) is 86.3 Å². The van der Waals surface area contributed by atoms with Crippen LogP contribution < -0.4 is 5.32 Å². The van der Waals surface area contributed by atoms with E-state index in [1.165, 1.54) is 6.20 Å². The Bertz CT molecular complexity index is 1730. The van der Waals surface area contributed by atoms with Crippen LogP contribution in [0, 0.1) is 0 Å². The van der Waals surface area contributed by atoms with Crippen molar-refractivity contribution in [2.45, 2.75) is 63.7 Å². The molecule has 0 bridgehead atoms. The fraction of sp³-hybridized carbons (Fsp3) is 0.400. The summed E-state index contributed by atoms with van der Waals surface area (Å²) in [6.45, 7) is 4.93. The molecule has 0 unspecified atom stereocenters. The number of carbonyl (C=O) groups is 2. The molecule has 0 aliphatic carbocycles. The van der Waals surface area contributed by atoms with E-state index in [2.05, 4.69) is 20.5 Å². The first-order valence-corrected chi connectivity index (χ1v) is 14.9. The number of nitrogens with one attached hydrogen (secondary N) is 2. The van der Waals surface area contributed by atoms with Crippen molar-refractivity contribution < 1.29 is 45.8 Å². The largest absolute Gasteiger partial charge is 0.444 e. The number of fused-ring (bicyclic) bond motifs is 1. The molecule has 46 heavy (non-hydrogen) atoms. The molecular formula is C30H29F6N5O4S. The van der Waals surface area contributed by atoms with Crippen LogP contribution >= 0.6 is 11.8 Å². The van der Waals surface area contributed by atoms with Crippen LogP contribution in [0.15, 0.2) is 52.5 Å². The van der Waals surface area contributed by atoms with Crippen molar-refractivity contribution in [3.63, 3.8) is 0 Å². The van der Waals surface area contributed by atoms with Crippen LogP contribution in [0.4, 0.5) is 31.1 Å². The maximum atomic E-state index is 14.1. The van der Waals surface area contributed by atoms with Crippen molar-refractivity contribution in [3.8, 4) is 0 Å². The van der Waals surface area contributed by atoms with E-state index in [4.69, 9.17) is 4.74 Å². The molecule has 3 N–H and O–H groups in total. The van der Waals surface area contributed by atoms with Gasteiger partial charge in [-0.1, -0.05) is 12.1 Å². The zero-order valence-electron chi connectivity index (χ0n) is 24.7. The SMILES string of the molecule is CC(C)(C)OC(=O)N[C@@H]1C[C@H](CO)N(C2=NC(=O)C(=C(Cc3ccc(C(F)(F)F)cc3C(F)(F)F)c3ccc4[nH]ncc4c3)S2)C1. The average Bonchev–Trinajstić information content (AvgIpc) is 3.67. The van der Waals surface area contributed by atoms with Gasteiger partial charge in [0.2, 0.25) is 0 Å². The molecule has 2 amide bonds. The summed E-state index contributed by atoms with van der Waals surface area (Å²) in [5.74, 6) is -0.761. The van der Waals surface area contributed by atoms with Gasteiger partial charge in [0.05, 0.1) is 46.4 Å². The van der Waals surface area contributed by atoms with E-state index in [9.17, 15) is 41.0 Å². The Labute approximate surface area is 263 Å². The number of H-pyrrole nitrogens is 1. The maximum Gasteiger partial charge on any atom is 0.416 e. The van der Waals surface area contributed by atoms with Gasteiger partial charge in [0.15, 0.2) is 5.17 Å². The molecule has 2 aromatic carbocycles. The number of aliphatic hydroxyl groups excluding tert-OH is 1. The number of alkyl carbamates (subject to hydrolysis) is 1. The Balaban J connectivity index is 1.51. The maximum absolute atomic E-state index is 14.1. The molecule has 9 nitrogen and oxygen atoms in total. The highest BCUT2D eigenvalue weighted by atomic mass is 32.2. The minimum absolute atomic E-state index is 0.0221. The number of aromatic amines is 1. The number of amides is 2. The van der Waals surface area contributed by atoms with Gasteiger partial charge in [-0.2, -0.15) is 36.4 Å². The fourth-order valence-electron chi connectivity index (χ4n) is 5.32. The third-order valence-corrected chi connectivity index (χ3v) is 8.48. The Morgan fingerprint density at radius 1 is 1.11 bits per heavy atom. The second kappa shape index (κ2) is 12.3. The smallest absolute Gasteiger partial charge is 0.416 e. The van der Waals surface area contributed by atoms with E-state index in [0.29, 0.717) is 29.0 Å². The third-order valence-electron chi connectivity index (χ3n) is 7.35. The van der Waals surface area contributed by atoms with Crippen LogP contribution in [0.1, 0.15) is 49.4 Å². The summed E-state index contributed by atoms with van der Waals surface area (Å²) in [5, 5.41) is 20.3. The molecule has 246 valence electrons. The summed E-state index contributed by atoms with van der Waals surface area (Å²) in [7, 11) is 0. The molecule has 3 heterocycles. The number of nitrogens with zero attached hydrogens (tertiary/aromatic N) is 3. The number of rotatable bonds is 5. The van der Waals surface area contributed by atoms with Crippen molar-refractivity contribution in [1.29, 1.82) is 0 Å². The van der Waals surface area contributed by atoms with Crippen LogP contribution in [-0.4, -0.2) is 68.2 Å². The number of benzene rings is 2. The van der Waals surface area contributed by atoms with Gasteiger partial charge >= 0.3 is 18.4 Å². The van der Waals surface area contributed by atoms with Gasteiger partial charge in [0.25, 0.3) is 5.91 Å². The molecule has 0 spiro atoms. The highest BCUT2D eigenvalue weighted by molar-refractivity contribution is 8.18. The highest BCUT2D eigenvalue weighted by Gasteiger charge is 2.41. The Morgan fingerprint density at radius 2 is 1.85 bits per heavy atom. The number of likely N-dealkylation sites (tertiary alicyclic amines) is 1. The molecule has 0 radical (unpaired) electrons. The van der Waals surface area contributed by atoms with Crippen molar-refractivity contribution in [2.24, 2.45) is 4.99 Å². The quantitative estimate of drug-likeness (QED) is 0.221. The second-order valence-corrected chi connectivity index (χ2v) is 12.9. The lowest BCUT2D eigenvalue weighted by Gasteiger charge is -2.24. The first kappa shape index (κ1) is 33.3. The zero-order chi connectivity index (χ0) is 33.6. The second-order valence-electron chi connectivity index (χ2n) is 11.9.